The van der Waals surface area contributed by atoms with Crippen molar-refractivity contribution in [3.8, 4) is 0 Å². The zero-order valence-corrected chi connectivity index (χ0v) is 16.0. The van der Waals surface area contributed by atoms with Gasteiger partial charge in [0.1, 0.15) is 6.04 Å². The van der Waals surface area contributed by atoms with Gasteiger partial charge in [-0.2, -0.15) is 0 Å². The highest BCUT2D eigenvalue weighted by atomic mass is 32.2. The van der Waals surface area contributed by atoms with Crippen LogP contribution in [0, 0.1) is 0 Å². The second-order valence-corrected chi connectivity index (χ2v) is 9.23. The molecule has 8 nitrogen and oxygen atoms in total. The monoisotopic (exact) mass is 414 g/mol. The summed E-state index contributed by atoms with van der Waals surface area (Å²) in [4.78, 5) is 35.7. The number of carbonyl (C=O) groups excluding carboxylic acids is 2. The summed E-state index contributed by atoms with van der Waals surface area (Å²) in [5, 5.41) is 12.5. The molecule has 0 saturated carbocycles. The molecule has 2 N–H and O–H groups in total. The maximum absolute atomic E-state index is 13.0. The molecule has 2 aromatic carbocycles. The van der Waals surface area contributed by atoms with Crippen molar-refractivity contribution in [1.82, 2.24) is 10.2 Å². The maximum atomic E-state index is 13.0. The van der Waals surface area contributed by atoms with Gasteiger partial charge in [-0.15, -0.1) is 0 Å². The molecule has 4 rings (SSSR count). The van der Waals surface area contributed by atoms with E-state index in [1.807, 2.05) is 6.07 Å². The van der Waals surface area contributed by atoms with Gasteiger partial charge in [0.15, 0.2) is 9.84 Å². The van der Waals surface area contributed by atoms with Gasteiger partial charge in [0, 0.05) is 5.56 Å². The number of rotatable bonds is 5. The molecule has 2 amide bonds. The number of fused-ring (bicyclic) bond motifs is 1. The number of carboxylic acids is 1. The second kappa shape index (κ2) is 6.70. The van der Waals surface area contributed by atoms with Crippen LogP contribution in [0.25, 0.3) is 0 Å². The van der Waals surface area contributed by atoms with Gasteiger partial charge in [0.2, 0.25) is 11.8 Å². The van der Waals surface area contributed by atoms with Crippen LogP contribution in [0.4, 0.5) is 0 Å². The van der Waals surface area contributed by atoms with Gasteiger partial charge in [0.05, 0.1) is 18.2 Å². The first-order chi connectivity index (χ1) is 13.8. The van der Waals surface area contributed by atoms with E-state index in [0.29, 0.717) is 0 Å². The molecule has 29 heavy (non-hydrogen) atoms. The number of aliphatic carboxylic acids is 1. The Labute approximate surface area is 167 Å². The van der Waals surface area contributed by atoms with Gasteiger partial charge in [-0.1, -0.05) is 60.7 Å². The van der Waals surface area contributed by atoms with E-state index < -0.39 is 50.3 Å². The summed E-state index contributed by atoms with van der Waals surface area (Å²) in [5.41, 5.74) is 0.745. The zero-order chi connectivity index (χ0) is 20.8. The molecule has 150 valence electrons. The highest BCUT2D eigenvalue weighted by Crippen LogP contribution is 2.48. The number of hydrogen-bond acceptors (Lipinski definition) is 5. The van der Waals surface area contributed by atoms with Crippen molar-refractivity contribution in [3.05, 3.63) is 71.8 Å². The average molecular weight is 414 g/mol. The van der Waals surface area contributed by atoms with Crippen molar-refractivity contribution in [2.75, 3.05) is 5.75 Å². The van der Waals surface area contributed by atoms with E-state index in [9.17, 15) is 27.9 Å². The van der Waals surface area contributed by atoms with Crippen LogP contribution < -0.4 is 5.32 Å². The van der Waals surface area contributed by atoms with Crippen molar-refractivity contribution >= 4 is 27.6 Å². The van der Waals surface area contributed by atoms with Crippen molar-refractivity contribution in [3.63, 3.8) is 0 Å². The highest BCUT2D eigenvalue weighted by Gasteiger charge is 2.73. The number of benzene rings is 2. The third kappa shape index (κ3) is 2.72. The first-order valence-electron chi connectivity index (χ1n) is 8.96. The fourth-order valence-electron chi connectivity index (χ4n) is 4.11. The Bertz CT molecular complexity index is 1090. The molecule has 0 aliphatic carbocycles. The summed E-state index contributed by atoms with van der Waals surface area (Å²) in [5.74, 6) is -3.31. The topological polar surface area (TPSA) is 121 Å². The van der Waals surface area contributed by atoms with Gasteiger partial charge in [0.25, 0.3) is 4.87 Å². The first kappa shape index (κ1) is 19.1. The molecule has 2 fully saturated rings. The molecule has 0 aromatic heterocycles. The number of amides is 2. The minimum Gasteiger partial charge on any atom is -0.478 e. The van der Waals surface area contributed by atoms with Crippen LogP contribution in [0.1, 0.15) is 11.1 Å². The third-order valence-corrected chi connectivity index (χ3v) is 7.67. The lowest BCUT2D eigenvalue weighted by atomic mass is 9.90. The molecule has 2 saturated heterocycles. The molecule has 2 aromatic rings. The normalized spacial score (nSPS) is 27.0. The summed E-state index contributed by atoms with van der Waals surface area (Å²) in [6.07, 6.45) is 0.0346. The standard InChI is InChI=1S/C20H18N2O6S/c23-16(11-13-7-3-1-4-8-13)21-17-15-12-29(27,28)20(19(25)26,22(15)18(17)24)14-9-5-2-6-10-14/h1-10,15,17H,11-12H2,(H,21,23)(H,25,26)/t15-,17+,20+/m1/s1. The summed E-state index contributed by atoms with van der Waals surface area (Å²) in [6, 6.07) is 14.3. The SMILES string of the molecule is O=C(Cc1ccccc1)N[C@@H]1C(=O)N2[C@@H]1CS(=O)(=O)[C@]2(C(=O)O)c1ccccc1. The summed E-state index contributed by atoms with van der Waals surface area (Å²) in [7, 11) is -4.24. The number of β-lactam (4-membered cyclic amide) rings is 1. The van der Waals surface area contributed by atoms with Crippen LogP contribution in [-0.2, 0) is 35.5 Å². The first-order valence-corrected chi connectivity index (χ1v) is 10.6. The van der Waals surface area contributed by atoms with E-state index in [1.165, 1.54) is 24.3 Å². The van der Waals surface area contributed by atoms with E-state index in [1.54, 1.807) is 30.3 Å². The molecule has 9 heteroatoms. The van der Waals surface area contributed by atoms with Gasteiger partial charge < -0.3 is 15.3 Å². The van der Waals surface area contributed by atoms with Crippen LogP contribution in [0.3, 0.4) is 0 Å². The predicted octanol–water partition coefficient (Wildman–Crippen LogP) is 0.291. The van der Waals surface area contributed by atoms with E-state index in [0.717, 1.165) is 10.5 Å². The summed E-state index contributed by atoms with van der Waals surface area (Å²) >= 11 is 0. The number of nitrogens with one attached hydrogen (secondary N) is 1. The molecule has 2 aliphatic rings. The van der Waals surface area contributed by atoms with E-state index in [2.05, 4.69) is 5.32 Å². The van der Waals surface area contributed by atoms with E-state index in [-0.39, 0.29) is 12.0 Å². The number of hydrogen-bond donors (Lipinski definition) is 2. The fourth-order valence-corrected chi connectivity index (χ4v) is 6.42. The lowest BCUT2D eigenvalue weighted by molar-refractivity contribution is -0.167. The van der Waals surface area contributed by atoms with Gasteiger partial charge in [-0.05, 0) is 5.56 Å². The average Bonchev–Trinajstić information content (AvgIpc) is 2.93. The van der Waals surface area contributed by atoms with E-state index in [4.69, 9.17) is 0 Å². The molecule has 0 spiro atoms. The number of carboxylic acid groups (broad SMARTS) is 1. The smallest absolute Gasteiger partial charge is 0.350 e. The molecule has 2 heterocycles. The Morgan fingerprint density at radius 1 is 1.07 bits per heavy atom. The summed E-state index contributed by atoms with van der Waals surface area (Å²) < 4.78 is 25.9. The Morgan fingerprint density at radius 2 is 1.66 bits per heavy atom. The zero-order valence-electron chi connectivity index (χ0n) is 15.2. The minimum atomic E-state index is -4.24. The number of carbonyl (C=O) groups is 3. The molecule has 0 radical (unpaired) electrons. The third-order valence-electron chi connectivity index (χ3n) is 5.38. The lowest BCUT2D eigenvalue weighted by Crippen LogP contribution is -2.74. The van der Waals surface area contributed by atoms with Gasteiger partial charge in [-0.25, -0.2) is 13.2 Å². The molecule has 3 atom stereocenters. The van der Waals surface area contributed by atoms with Gasteiger partial charge in [-0.3, -0.25) is 9.59 Å². The summed E-state index contributed by atoms with van der Waals surface area (Å²) in [6.45, 7) is 0. The van der Waals surface area contributed by atoms with Crippen molar-refractivity contribution in [1.29, 1.82) is 0 Å². The largest absolute Gasteiger partial charge is 0.478 e. The van der Waals surface area contributed by atoms with Crippen molar-refractivity contribution in [2.45, 2.75) is 23.4 Å². The molecule has 2 aliphatic heterocycles. The van der Waals surface area contributed by atoms with Crippen LogP contribution in [0.2, 0.25) is 0 Å². The second-order valence-electron chi connectivity index (χ2n) is 7.08. The lowest BCUT2D eigenvalue weighted by Gasteiger charge is -2.47. The number of nitrogens with zero attached hydrogens (tertiary/aromatic N) is 1. The molecular weight excluding hydrogens is 396 g/mol. The Morgan fingerprint density at radius 3 is 2.24 bits per heavy atom. The minimum absolute atomic E-state index is 0.00240. The molecule has 0 bridgehead atoms. The Kier molecular flexibility index (Phi) is 4.42. The van der Waals surface area contributed by atoms with Crippen LogP contribution in [-0.4, -0.2) is 54.0 Å². The fraction of sp³-hybridized carbons (Fsp3) is 0.250. The molecule has 0 unspecified atom stereocenters. The Hall–Kier alpha value is -3.20. The number of sulfone groups is 1. The predicted molar refractivity (Wildman–Crippen MR) is 102 cm³/mol. The molecular formula is C20H18N2O6S. The quantitative estimate of drug-likeness (QED) is 0.679. The highest BCUT2D eigenvalue weighted by molar-refractivity contribution is 7.93. The van der Waals surface area contributed by atoms with Crippen molar-refractivity contribution in [2.24, 2.45) is 0 Å². The van der Waals surface area contributed by atoms with E-state index >= 15 is 0 Å². The Balaban J connectivity index is 1.62. The maximum Gasteiger partial charge on any atom is 0.350 e. The van der Waals surface area contributed by atoms with Crippen LogP contribution >= 0.6 is 0 Å². The van der Waals surface area contributed by atoms with Crippen LogP contribution in [0.15, 0.2) is 60.7 Å². The van der Waals surface area contributed by atoms with Gasteiger partial charge >= 0.3 is 5.97 Å². The van der Waals surface area contributed by atoms with Crippen molar-refractivity contribution < 1.29 is 27.9 Å². The van der Waals surface area contributed by atoms with Crippen LogP contribution in [0.5, 0.6) is 0 Å².